The number of hydrogen-bond donors (Lipinski definition) is 1. The van der Waals surface area contributed by atoms with Gasteiger partial charge in [0, 0.05) is 11.3 Å². The highest BCUT2D eigenvalue weighted by atomic mass is 16.1. The molecule has 0 saturated heterocycles. The van der Waals surface area contributed by atoms with E-state index in [9.17, 15) is 4.79 Å². The van der Waals surface area contributed by atoms with Crippen LogP contribution in [-0.4, -0.2) is 5.91 Å². The minimum atomic E-state index is -0.278. The molecule has 0 unspecified atom stereocenters. The van der Waals surface area contributed by atoms with Gasteiger partial charge in [0.2, 0.25) is 0 Å². The molecule has 1 amide bonds. The van der Waals surface area contributed by atoms with Gasteiger partial charge < -0.3 is 5.32 Å². The van der Waals surface area contributed by atoms with Gasteiger partial charge in [0.1, 0.15) is 0 Å². The highest BCUT2D eigenvalue weighted by Crippen LogP contribution is 2.12. The van der Waals surface area contributed by atoms with Crippen molar-refractivity contribution in [1.29, 1.82) is 10.5 Å². The molecule has 2 aromatic carbocycles. The summed E-state index contributed by atoms with van der Waals surface area (Å²) in [7, 11) is 0. The summed E-state index contributed by atoms with van der Waals surface area (Å²) in [6.07, 6.45) is 0. The summed E-state index contributed by atoms with van der Waals surface area (Å²) in [6.45, 7) is 0. The second-order valence-corrected chi connectivity index (χ2v) is 3.84. The summed E-state index contributed by atoms with van der Waals surface area (Å²) >= 11 is 0. The maximum absolute atomic E-state index is 11.9. The molecule has 0 bridgehead atoms. The molecule has 4 nitrogen and oxygen atoms in total. The van der Waals surface area contributed by atoms with Gasteiger partial charge in [-0.25, -0.2) is 0 Å². The van der Waals surface area contributed by atoms with Gasteiger partial charge >= 0.3 is 0 Å². The largest absolute Gasteiger partial charge is 0.322 e. The maximum Gasteiger partial charge on any atom is 0.255 e. The van der Waals surface area contributed by atoms with E-state index in [4.69, 9.17) is 10.5 Å². The van der Waals surface area contributed by atoms with Crippen LogP contribution in [0.3, 0.4) is 0 Å². The molecule has 0 aliphatic carbocycles. The van der Waals surface area contributed by atoms with Crippen molar-refractivity contribution >= 4 is 11.6 Å². The molecule has 2 aromatic rings. The van der Waals surface area contributed by atoms with E-state index in [1.807, 2.05) is 12.1 Å². The Morgan fingerprint density at radius 3 is 2.26 bits per heavy atom. The number of carbonyl (C=O) groups excluding carboxylic acids is 1. The Kier molecular flexibility index (Phi) is 3.56. The Morgan fingerprint density at radius 1 is 0.947 bits per heavy atom. The smallest absolute Gasteiger partial charge is 0.255 e. The van der Waals surface area contributed by atoms with E-state index in [-0.39, 0.29) is 5.91 Å². The Bertz CT molecular complexity index is 691. The second kappa shape index (κ2) is 5.48. The number of anilines is 1. The van der Waals surface area contributed by atoms with Crippen LogP contribution in [0.5, 0.6) is 0 Å². The first kappa shape index (κ1) is 12.3. The highest BCUT2D eigenvalue weighted by Gasteiger charge is 2.06. The van der Waals surface area contributed by atoms with Crippen molar-refractivity contribution in [2.75, 3.05) is 5.32 Å². The molecule has 90 valence electrons. The molecule has 0 fully saturated rings. The first-order chi connectivity index (χ1) is 9.22. The summed E-state index contributed by atoms with van der Waals surface area (Å²) in [4.78, 5) is 11.9. The normalized spacial score (nSPS) is 9.16. The number of amides is 1. The summed E-state index contributed by atoms with van der Waals surface area (Å²) in [5.41, 5.74) is 2.01. The predicted molar refractivity (Wildman–Crippen MR) is 70.3 cm³/mol. The molecule has 0 heterocycles. The Morgan fingerprint density at radius 2 is 1.63 bits per heavy atom. The van der Waals surface area contributed by atoms with Crippen LogP contribution in [0.25, 0.3) is 0 Å². The van der Waals surface area contributed by atoms with E-state index in [1.54, 1.807) is 48.5 Å². The molecular formula is C15H9N3O. The third-order valence-corrected chi connectivity index (χ3v) is 2.53. The monoisotopic (exact) mass is 247 g/mol. The molecule has 0 saturated carbocycles. The topological polar surface area (TPSA) is 76.7 Å². The minimum absolute atomic E-state index is 0.278. The molecule has 0 aliphatic heterocycles. The average molecular weight is 247 g/mol. The van der Waals surface area contributed by atoms with Crippen LogP contribution in [0, 0.1) is 22.7 Å². The van der Waals surface area contributed by atoms with Crippen LogP contribution in [0.2, 0.25) is 0 Å². The molecule has 2 rings (SSSR count). The fraction of sp³-hybridized carbons (Fsp3) is 0. The lowest BCUT2D eigenvalue weighted by molar-refractivity contribution is 0.102. The van der Waals surface area contributed by atoms with E-state index in [1.165, 1.54) is 0 Å². The van der Waals surface area contributed by atoms with E-state index >= 15 is 0 Å². The van der Waals surface area contributed by atoms with E-state index < -0.39 is 0 Å². The van der Waals surface area contributed by atoms with Crippen molar-refractivity contribution < 1.29 is 4.79 Å². The van der Waals surface area contributed by atoms with Gasteiger partial charge in [-0.15, -0.1) is 0 Å². The number of nitriles is 2. The molecule has 0 spiro atoms. The van der Waals surface area contributed by atoms with E-state index in [0.717, 1.165) is 0 Å². The minimum Gasteiger partial charge on any atom is -0.322 e. The van der Waals surface area contributed by atoms with Gasteiger partial charge in [-0.3, -0.25) is 4.79 Å². The first-order valence-corrected chi connectivity index (χ1v) is 5.54. The summed E-state index contributed by atoms with van der Waals surface area (Å²) in [6, 6.07) is 17.0. The van der Waals surface area contributed by atoms with E-state index in [2.05, 4.69) is 5.32 Å². The third kappa shape index (κ3) is 2.96. The Balaban J connectivity index is 2.16. The SMILES string of the molecule is N#Cc1ccc(C(=O)Nc2cccc(C#N)c2)cc1. The number of nitrogens with one attached hydrogen (secondary N) is 1. The zero-order valence-electron chi connectivity index (χ0n) is 9.92. The number of rotatable bonds is 2. The molecule has 0 atom stereocenters. The van der Waals surface area contributed by atoms with Gasteiger partial charge in [0.05, 0.1) is 23.3 Å². The summed E-state index contributed by atoms with van der Waals surface area (Å²) in [5.74, 6) is -0.278. The average Bonchev–Trinajstić information content (AvgIpc) is 2.47. The number of benzene rings is 2. The Labute approximate surface area is 110 Å². The zero-order valence-corrected chi connectivity index (χ0v) is 9.92. The van der Waals surface area contributed by atoms with Crippen molar-refractivity contribution in [2.45, 2.75) is 0 Å². The lowest BCUT2D eigenvalue weighted by Crippen LogP contribution is -2.11. The maximum atomic E-state index is 11.9. The first-order valence-electron chi connectivity index (χ1n) is 5.54. The van der Waals surface area contributed by atoms with Crippen molar-refractivity contribution in [2.24, 2.45) is 0 Å². The summed E-state index contributed by atoms with van der Waals surface area (Å²) in [5, 5.41) is 20.2. The molecule has 0 radical (unpaired) electrons. The molecule has 4 heteroatoms. The third-order valence-electron chi connectivity index (χ3n) is 2.53. The summed E-state index contributed by atoms with van der Waals surface area (Å²) < 4.78 is 0. The predicted octanol–water partition coefficient (Wildman–Crippen LogP) is 2.68. The molecular weight excluding hydrogens is 238 g/mol. The lowest BCUT2D eigenvalue weighted by Gasteiger charge is -2.05. The fourth-order valence-electron chi connectivity index (χ4n) is 1.57. The van der Waals surface area contributed by atoms with Crippen LogP contribution in [0.1, 0.15) is 21.5 Å². The van der Waals surface area contributed by atoms with Crippen molar-refractivity contribution in [3.05, 3.63) is 65.2 Å². The molecule has 0 aliphatic rings. The van der Waals surface area contributed by atoms with Crippen LogP contribution < -0.4 is 5.32 Å². The van der Waals surface area contributed by atoms with E-state index in [0.29, 0.717) is 22.4 Å². The number of nitrogens with zero attached hydrogens (tertiary/aromatic N) is 2. The zero-order chi connectivity index (χ0) is 13.7. The van der Waals surface area contributed by atoms with Crippen LogP contribution in [0.4, 0.5) is 5.69 Å². The second-order valence-electron chi connectivity index (χ2n) is 3.84. The fourth-order valence-corrected chi connectivity index (χ4v) is 1.57. The van der Waals surface area contributed by atoms with Crippen LogP contribution >= 0.6 is 0 Å². The van der Waals surface area contributed by atoms with Crippen LogP contribution in [-0.2, 0) is 0 Å². The molecule has 19 heavy (non-hydrogen) atoms. The number of hydrogen-bond acceptors (Lipinski definition) is 3. The van der Waals surface area contributed by atoms with Gasteiger partial charge in [0.15, 0.2) is 0 Å². The standard InChI is InChI=1S/C15H9N3O/c16-9-11-4-6-13(7-5-11)15(19)18-14-3-1-2-12(8-14)10-17/h1-8H,(H,18,19). The Hall–Kier alpha value is -3.11. The quantitative estimate of drug-likeness (QED) is 0.886. The van der Waals surface area contributed by atoms with Gasteiger partial charge in [-0.2, -0.15) is 10.5 Å². The van der Waals surface area contributed by atoms with Crippen molar-refractivity contribution in [1.82, 2.24) is 0 Å². The molecule has 0 aromatic heterocycles. The van der Waals surface area contributed by atoms with Gasteiger partial charge in [0.25, 0.3) is 5.91 Å². The van der Waals surface area contributed by atoms with Crippen LogP contribution in [0.15, 0.2) is 48.5 Å². The highest BCUT2D eigenvalue weighted by molar-refractivity contribution is 6.04. The molecule has 1 N–H and O–H groups in total. The van der Waals surface area contributed by atoms with Gasteiger partial charge in [-0.1, -0.05) is 6.07 Å². The van der Waals surface area contributed by atoms with Gasteiger partial charge in [-0.05, 0) is 42.5 Å². The van der Waals surface area contributed by atoms with Crippen molar-refractivity contribution in [3.63, 3.8) is 0 Å². The lowest BCUT2D eigenvalue weighted by atomic mass is 10.1. The number of carbonyl (C=O) groups is 1. The van der Waals surface area contributed by atoms with Crippen molar-refractivity contribution in [3.8, 4) is 12.1 Å².